The highest BCUT2D eigenvalue weighted by atomic mass is 32.1. The molecule has 3 heterocycles. The highest BCUT2D eigenvalue weighted by Gasteiger charge is 2.32. The van der Waals surface area contributed by atoms with E-state index in [4.69, 9.17) is 11.6 Å². The average Bonchev–Trinajstić information content (AvgIpc) is 3.37. The lowest BCUT2D eigenvalue weighted by Gasteiger charge is -2.34. The Kier molecular flexibility index (Phi) is 9.18. The molecule has 2 aromatic heterocycles. The Labute approximate surface area is 243 Å². The number of hydrogen-bond donors (Lipinski definition) is 4. The molecule has 42 heavy (non-hydrogen) atoms. The lowest BCUT2D eigenvalue weighted by molar-refractivity contribution is -0.274. The Bertz CT molecular complexity index is 1490. The maximum absolute atomic E-state index is 13.2. The van der Waals surface area contributed by atoms with Gasteiger partial charge in [-0.2, -0.15) is 0 Å². The summed E-state index contributed by atoms with van der Waals surface area (Å²) in [5.74, 6) is 4.80. The third-order valence-electron chi connectivity index (χ3n) is 6.20. The number of hydrogen-bond acceptors (Lipinski definition) is 11. The summed E-state index contributed by atoms with van der Waals surface area (Å²) >= 11 is 1.16. The number of aromatic nitrogens is 2. The van der Waals surface area contributed by atoms with Crippen LogP contribution in [0.4, 0.5) is 35.4 Å². The molecular weight excluding hydrogens is 575 g/mol. The standard InChI is InChI=1S/C26H30F3N9O3S/c1-15-22(38(31)14-21(30)23-13-33-25(42-23)34-16(2)39)10-18(12-32-15)35-24(40)17-8-19(37-6-4-36(3)5-7-37)11-20(9-17)41-26(27,28)29/h8-14H,4-7,30-31H2,1-3H3,(H,35,40)(H,33,34,39)/b21-14-. The second kappa shape index (κ2) is 12.6. The lowest BCUT2D eigenvalue weighted by atomic mass is 10.1. The fourth-order valence-electron chi connectivity index (χ4n) is 4.11. The van der Waals surface area contributed by atoms with E-state index in [1.165, 1.54) is 42.7 Å². The van der Waals surface area contributed by atoms with Crippen LogP contribution in [0.2, 0.25) is 0 Å². The summed E-state index contributed by atoms with van der Waals surface area (Å²) in [6.07, 6.45) is -0.599. The first-order chi connectivity index (χ1) is 19.8. The van der Waals surface area contributed by atoms with Crippen LogP contribution < -0.4 is 36.9 Å². The third-order valence-corrected chi connectivity index (χ3v) is 7.16. The fourth-order valence-corrected chi connectivity index (χ4v) is 4.89. The Morgan fingerprint density at radius 3 is 2.48 bits per heavy atom. The van der Waals surface area contributed by atoms with E-state index in [0.717, 1.165) is 30.5 Å². The number of hydrazine groups is 1. The smallest absolute Gasteiger partial charge is 0.406 e. The van der Waals surface area contributed by atoms with E-state index in [0.29, 0.717) is 40.2 Å². The number of carbonyl (C=O) groups excluding carboxylic acids is 2. The molecule has 3 aromatic rings. The predicted octanol–water partition coefficient (Wildman–Crippen LogP) is 3.35. The van der Waals surface area contributed by atoms with Crippen LogP contribution in [0.15, 0.2) is 42.9 Å². The highest BCUT2D eigenvalue weighted by Crippen LogP contribution is 2.31. The molecule has 1 saturated heterocycles. The summed E-state index contributed by atoms with van der Waals surface area (Å²) in [5.41, 5.74) is 8.01. The number of likely N-dealkylation sites (N-methyl/N-ethyl adjacent to an activating group) is 1. The van der Waals surface area contributed by atoms with Crippen molar-refractivity contribution in [3.05, 3.63) is 59.0 Å². The minimum absolute atomic E-state index is 0.0262. The number of benzene rings is 1. The molecule has 0 unspecified atom stereocenters. The maximum atomic E-state index is 13.2. The van der Waals surface area contributed by atoms with Gasteiger partial charge in [-0.15, -0.1) is 13.2 Å². The molecule has 0 aliphatic carbocycles. The summed E-state index contributed by atoms with van der Waals surface area (Å²) in [6.45, 7) is 5.67. The van der Waals surface area contributed by atoms with Crippen LogP contribution in [0.3, 0.4) is 0 Å². The van der Waals surface area contributed by atoms with Gasteiger partial charge in [-0.1, -0.05) is 11.3 Å². The van der Waals surface area contributed by atoms with Crippen LogP contribution in [0, 0.1) is 6.92 Å². The van der Waals surface area contributed by atoms with Gasteiger partial charge in [-0.3, -0.25) is 19.6 Å². The molecular formula is C26H30F3N9O3S. The molecule has 16 heteroatoms. The first kappa shape index (κ1) is 30.5. The number of pyridine rings is 1. The monoisotopic (exact) mass is 605 g/mol. The van der Waals surface area contributed by atoms with Crippen molar-refractivity contribution in [3.63, 3.8) is 0 Å². The van der Waals surface area contributed by atoms with Crippen LogP contribution in [0.25, 0.3) is 5.70 Å². The van der Waals surface area contributed by atoms with Crippen molar-refractivity contribution in [2.75, 3.05) is 53.8 Å². The molecule has 0 spiro atoms. The van der Waals surface area contributed by atoms with E-state index in [-0.39, 0.29) is 22.9 Å². The minimum Gasteiger partial charge on any atom is -0.406 e. The van der Waals surface area contributed by atoms with Gasteiger partial charge in [0.05, 0.1) is 33.8 Å². The number of halogens is 3. The first-order valence-electron chi connectivity index (χ1n) is 12.6. The molecule has 1 aliphatic heterocycles. The molecule has 1 fully saturated rings. The van der Waals surface area contributed by atoms with E-state index < -0.39 is 18.0 Å². The van der Waals surface area contributed by atoms with Crippen LogP contribution in [-0.2, 0) is 4.79 Å². The quantitative estimate of drug-likeness (QED) is 0.222. The number of thiazole rings is 1. The summed E-state index contributed by atoms with van der Waals surface area (Å²) in [7, 11) is 1.96. The van der Waals surface area contributed by atoms with Gasteiger partial charge < -0.3 is 30.9 Å². The number of ether oxygens (including phenoxy) is 1. The van der Waals surface area contributed by atoms with Crippen molar-refractivity contribution in [1.82, 2.24) is 14.9 Å². The van der Waals surface area contributed by atoms with Crippen molar-refractivity contribution in [1.29, 1.82) is 0 Å². The summed E-state index contributed by atoms with van der Waals surface area (Å²) in [5, 5.41) is 6.83. The van der Waals surface area contributed by atoms with Gasteiger partial charge in [0, 0.05) is 62.8 Å². The van der Waals surface area contributed by atoms with Gasteiger partial charge in [0.2, 0.25) is 5.91 Å². The minimum atomic E-state index is -4.92. The first-order valence-corrected chi connectivity index (χ1v) is 13.5. The molecule has 0 atom stereocenters. The molecule has 0 radical (unpaired) electrons. The SMILES string of the molecule is CC(=O)Nc1ncc(/C(N)=C/N(N)c2cc(NC(=O)c3cc(OC(F)(F)F)cc(N4CCN(C)CC4)c3)cnc2C)s1. The van der Waals surface area contributed by atoms with Crippen molar-refractivity contribution < 1.29 is 27.5 Å². The number of rotatable bonds is 8. The molecule has 12 nitrogen and oxygen atoms in total. The largest absolute Gasteiger partial charge is 0.573 e. The molecule has 6 N–H and O–H groups in total. The molecule has 1 aliphatic rings. The zero-order chi connectivity index (χ0) is 30.6. The summed E-state index contributed by atoms with van der Waals surface area (Å²) in [6, 6.07) is 5.38. The van der Waals surface area contributed by atoms with Gasteiger partial charge in [-0.05, 0) is 32.2 Å². The third kappa shape index (κ3) is 8.08. The molecule has 2 amide bonds. The Morgan fingerprint density at radius 1 is 1.10 bits per heavy atom. The van der Waals surface area contributed by atoms with Gasteiger partial charge in [0.1, 0.15) is 5.75 Å². The molecule has 4 rings (SSSR count). The van der Waals surface area contributed by atoms with Crippen LogP contribution in [0.1, 0.15) is 27.9 Å². The van der Waals surface area contributed by atoms with Crippen molar-refractivity contribution in [2.45, 2.75) is 20.2 Å². The average molecular weight is 606 g/mol. The van der Waals surface area contributed by atoms with Crippen LogP contribution >= 0.6 is 11.3 Å². The number of amides is 2. The zero-order valence-corrected chi connectivity index (χ0v) is 23.8. The predicted molar refractivity (Wildman–Crippen MR) is 155 cm³/mol. The number of carbonyl (C=O) groups is 2. The van der Waals surface area contributed by atoms with Crippen LogP contribution in [0.5, 0.6) is 5.75 Å². The number of aryl methyl sites for hydroxylation is 1. The Balaban J connectivity index is 1.55. The van der Waals surface area contributed by atoms with E-state index >= 15 is 0 Å². The second-order valence-electron chi connectivity index (χ2n) is 9.54. The number of piperazine rings is 1. The molecule has 0 bridgehead atoms. The number of anilines is 4. The summed E-state index contributed by atoms with van der Waals surface area (Å²) in [4.78, 5) is 37.4. The number of alkyl halides is 3. The fraction of sp³-hybridized carbons (Fsp3) is 0.308. The number of nitrogens with one attached hydrogen (secondary N) is 2. The maximum Gasteiger partial charge on any atom is 0.573 e. The van der Waals surface area contributed by atoms with E-state index in [9.17, 15) is 22.8 Å². The normalized spacial score (nSPS) is 14.5. The van der Waals surface area contributed by atoms with Crippen molar-refractivity contribution >= 4 is 51.0 Å². The van der Waals surface area contributed by atoms with E-state index in [1.54, 1.807) is 13.0 Å². The van der Waals surface area contributed by atoms with Gasteiger partial charge in [-0.25, -0.2) is 10.8 Å². The van der Waals surface area contributed by atoms with Gasteiger partial charge >= 0.3 is 6.36 Å². The van der Waals surface area contributed by atoms with Crippen molar-refractivity contribution in [2.24, 2.45) is 11.6 Å². The van der Waals surface area contributed by atoms with Crippen molar-refractivity contribution in [3.8, 4) is 5.75 Å². The molecule has 0 saturated carbocycles. The zero-order valence-electron chi connectivity index (χ0n) is 23.0. The van der Waals surface area contributed by atoms with Gasteiger partial charge in [0.25, 0.3) is 5.91 Å². The highest BCUT2D eigenvalue weighted by molar-refractivity contribution is 7.16. The van der Waals surface area contributed by atoms with E-state index in [2.05, 4.69) is 30.2 Å². The van der Waals surface area contributed by atoms with Gasteiger partial charge in [0.15, 0.2) is 5.13 Å². The Hall–Kier alpha value is -4.41. The van der Waals surface area contributed by atoms with E-state index in [1.807, 2.05) is 11.9 Å². The lowest BCUT2D eigenvalue weighted by Crippen LogP contribution is -2.44. The summed E-state index contributed by atoms with van der Waals surface area (Å²) < 4.78 is 43.3. The topological polar surface area (TPSA) is 155 Å². The molecule has 1 aromatic carbocycles. The number of nitrogens with zero attached hydrogens (tertiary/aromatic N) is 5. The second-order valence-corrected chi connectivity index (χ2v) is 10.6. The van der Waals surface area contributed by atoms with Crippen LogP contribution in [-0.4, -0.2) is 66.3 Å². The Morgan fingerprint density at radius 2 is 1.81 bits per heavy atom. The molecule has 224 valence electrons. The number of nitrogens with two attached hydrogens (primary N) is 2.